The fourth-order valence-electron chi connectivity index (χ4n) is 4.28. The number of fused-ring (bicyclic) bond motifs is 1. The molecule has 2 aromatic carbocycles. The molecule has 1 aliphatic heterocycles. The van der Waals surface area contributed by atoms with Crippen LogP contribution in [-0.2, 0) is 9.53 Å². The number of carbonyl (C=O) groups excluding carboxylic acids is 2. The van der Waals surface area contributed by atoms with Crippen LogP contribution in [0.3, 0.4) is 0 Å². The Kier molecular flexibility index (Phi) is 7.16. The largest absolute Gasteiger partial charge is 0.444 e. The summed E-state index contributed by atoms with van der Waals surface area (Å²) in [6, 6.07) is 15.7. The van der Waals surface area contributed by atoms with Crippen LogP contribution in [0.15, 0.2) is 53.6 Å². The normalized spacial score (nSPS) is 16.5. The van der Waals surface area contributed by atoms with Crippen molar-refractivity contribution < 1.29 is 14.3 Å². The molecule has 0 bridgehead atoms. The molecule has 0 aliphatic carbocycles. The van der Waals surface area contributed by atoms with E-state index in [9.17, 15) is 9.59 Å². The molecule has 7 nitrogen and oxygen atoms in total. The minimum Gasteiger partial charge on any atom is -0.444 e. The van der Waals surface area contributed by atoms with E-state index >= 15 is 0 Å². The molecule has 1 saturated heterocycles. The van der Waals surface area contributed by atoms with Gasteiger partial charge in [-0.05, 0) is 76.6 Å². The lowest BCUT2D eigenvalue weighted by Gasteiger charge is -2.36. The van der Waals surface area contributed by atoms with Gasteiger partial charge in [0.25, 0.3) is 0 Å². The molecule has 4 rings (SSSR count). The molecule has 1 aliphatic rings. The molecule has 0 saturated carbocycles. The van der Waals surface area contributed by atoms with Crippen molar-refractivity contribution in [3.63, 3.8) is 0 Å². The summed E-state index contributed by atoms with van der Waals surface area (Å²) in [6.45, 7) is 6.19. The van der Waals surface area contributed by atoms with Gasteiger partial charge < -0.3 is 15.0 Å². The highest BCUT2D eigenvalue weighted by Crippen LogP contribution is 2.30. The Hall–Kier alpha value is -3.00. The fraction of sp³-hybridized carbons (Fsp3) is 0.423. The summed E-state index contributed by atoms with van der Waals surface area (Å²) >= 11 is 1.59. The first-order valence-corrected chi connectivity index (χ1v) is 12.9. The summed E-state index contributed by atoms with van der Waals surface area (Å²) in [7, 11) is 0. The minimum atomic E-state index is -0.561. The Labute approximate surface area is 204 Å². The average molecular weight is 481 g/mol. The Bertz CT molecular complexity index is 1170. The second-order valence-corrected chi connectivity index (χ2v) is 10.4. The standard InChI is InChI=1S/C26H32N4O3S/c1-26(2,3)33-25(32)29-15-9-8-12-20(29)17-23(31)27-18-13-14-21-22(16-18)30(28-24(21)34-4)19-10-6-5-7-11-19/h5-7,10-11,13-14,16,20H,8-9,12,15,17H2,1-4H3,(H,27,31). The predicted octanol–water partition coefficient (Wildman–Crippen LogP) is 5.87. The maximum Gasteiger partial charge on any atom is 0.410 e. The van der Waals surface area contributed by atoms with Gasteiger partial charge in [-0.15, -0.1) is 11.8 Å². The summed E-state index contributed by atoms with van der Waals surface area (Å²) in [4.78, 5) is 27.4. The van der Waals surface area contributed by atoms with E-state index in [0.717, 1.165) is 40.9 Å². The van der Waals surface area contributed by atoms with Gasteiger partial charge in [0.2, 0.25) is 5.91 Å². The molecule has 1 atom stereocenters. The number of hydrogen-bond acceptors (Lipinski definition) is 5. The Morgan fingerprint density at radius 1 is 1.15 bits per heavy atom. The van der Waals surface area contributed by atoms with Crippen LogP contribution in [0.25, 0.3) is 16.6 Å². The van der Waals surface area contributed by atoms with Crippen LogP contribution in [-0.4, -0.2) is 51.1 Å². The first-order valence-electron chi connectivity index (χ1n) is 11.7. The molecule has 0 radical (unpaired) electrons. The SMILES string of the molecule is CSc1nn(-c2ccccc2)c2cc(NC(=O)CC3CCCCN3C(=O)OC(C)(C)C)ccc12. The molecular formula is C26H32N4O3S. The van der Waals surface area contributed by atoms with E-state index in [1.807, 2.05) is 80.2 Å². The van der Waals surface area contributed by atoms with Crippen molar-refractivity contribution in [3.05, 3.63) is 48.5 Å². The number of piperidine rings is 1. The van der Waals surface area contributed by atoms with Crippen molar-refractivity contribution in [1.29, 1.82) is 0 Å². The molecule has 0 spiro atoms. The molecule has 3 aromatic rings. The van der Waals surface area contributed by atoms with Crippen LogP contribution in [0.4, 0.5) is 10.5 Å². The van der Waals surface area contributed by atoms with Crippen molar-refractivity contribution in [2.75, 3.05) is 18.1 Å². The van der Waals surface area contributed by atoms with Gasteiger partial charge in [-0.1, -0.05) is 18.2 Å². The van der Waals surface area contributed by atoms with Gasteiger partial charge in [0.05, 0.1) is 11.2 Å². The third-order valence-corrected chi connectivity index (χ3v) is 6.49. The number of benzene rings is 2. The van der Waals surface area contributed by atoms with Crippen molar-refractivity contribution in [3.8, 4) is 5.69 Å². The summed E-state index contributed by atoms with van der Waals surface area (Å²) in [5, 5.41) is 9.77. The van der Waals surface area contributed by atoms with Gasteiger partial charge in [-0.3, -0.25) is 4.79 Å². The second-order valence-electron chi connectivity index (χ2n) is 9.56. The zero-order valence-corrected chi connectivity index (χ0v) is 21.0. The van der Waals surface area contributed by atoms with Gasteiger partial charge in [0.1, 0.15) is 10.6 Å². The third-order valence-electron chi connectivity index (χ3n) is 5.80. The lowest BCUT2D eigenvalue weighted by molar-refractivity contribution is -0.117. The van der Waals surface area contributed by atoms with E-state index < -0.39 is 5.60 Å². The Morgan fingerprint density at radius 2 is 1.91 bits per heavy atom. The van der Waals surface area contributed by atoms with Crippen molar-refractivity contribution >= 4 is 40.4 Å². The molecule has 34 heavy (non-hydrogen) atoms. The summed E-state index contributed by atoms with van der Waals surface area (Å²) in [6.07, 6.45) is 4.62. The molecule has 1 N–H and O–H groups in total. The summed E-state index contributed by atoms with van der Waals surface area (Å²) in [5.74, 6) is -0.115. The lowest BCUT2D eigenvalue weighted by atomic mass is 9.99. The molecule has 8 heteroatoms. The first kappa shape index (κ1) is 24.1. The molecule has 1 fully saturated rings. The number of hydrogen-bond donors (Lipinski definition) is 1. The monoisotopic (exact) mass is 480 g/mol. The quantitative estimate of drug-likeness (QED) is 0.463. The number of para-hydroxylation sites is 1. The van der Waals surface area contributed by atoms with Crippen LogP contribution in [0.1, 0.15) is 46.5 Å². The smallest absolute Gasteiger partial charge is 0.410 e. The number of likely N-dealkylation sites (tertiary alicyclic amines) is 1. The Morgan fingerprint density at radius 3 is 2.62 bits per heavy atom. The number of rotatable bonds is 5. The van der Waals surface area contributed by atoms with E-state index in [1.165, 1.54) is 0 Å². The number of ether oxygens (including phenoxy) is 1. The van der Waals surface area contributed by atoms with Crippen LogP contribution in [0.2, 0.25) is 0 Å². The van der Waals surface area contributed by atoms with E-state index in [4.69, 9.17) is 9.84 Å². The van der Waals surface area contributed by atoms with Crippen molar-refractivity contribution in [1.82, 2.24) is 14.7 Å². The maximum absolute atomic E-state index is 13.0. The van der Waals surface area contributed by atoms with Gasteiger partial charge in [0, 0.05) is 30.1 Å². The zero-order valence-electron chi connectivity index (χ0n) is 20.2. The van der Waals surface area contributed by atoms with E-state index in [-0.39, 0.29) is 24.5 Å². The molecule has 2 heterocycles. The van der Waals surface area contributed by atoms with E-state index in [2.05, 4.69) is 5.32 Å². The van der Waals surface area contributed by atoms with Gasteiger partial charge >= 0.3 is 6.09 Å². The highest BCUT2D eigenvalue weighted by Gasteiger charge is 2.31. The van der Waals surface area contributed by atoms with Crippen molar-refractivity contribution in [2.45, 2.75) is 63.1 Å². The van der Waals surface area contributed by atoms with E-state index in [0.29, 0.717) is 12.2 Å². The molecule has 2 amide bonds. The van der Waals surface area contributed by atoms with Gasteiger partial charge in [-0.25, -0.2) is 9.48 Å². The highest BCUT2D eigenvalue weighted by atomic mass is 32.2. The minimum absolute atomic E-state index is 0.115. The van der Waals surface area contributed by atoms with Crippen LogP contribution < -0.4 is 5.32 Å². The zero-order chi connectivity index (χ0) is 24.3. The van der Waals surface area contributed by atoms with Crippen LogP contribution in [0.5, 0.6) is 0 Å². The fourth-order valence-corrected chi connectivity index (χ4v) is 4.84. The molecule has 1 unspecified atom stereocenters. The van der Waals surface area contributed by atoms with Crippen LogP contribution in [0, 0.1) is 0 Å². The Balaban J connectivity index is 1.52. The highest BCUT2D eigenvalue weighted by molar-refractivity contribution is 7.98. The predicted molar refractivity (Wildman–Crippen MR) is 137 cm³/mol. The topological polar surface area (TPSA) is 76.5 Å². The average Bonchev–Trinajstić information content (AvgIpc) is 3.17. The number of nitrogens with zero attached hydrogens (tertiary/aromatic N) is 3. The number of nitrogens with one attached hydrogen (secondary N) is 1. The van der Waals surface area contributed by atoms with Crippen molar-refractivity contribution in [2.24, 2.45) is 0 Å². The second kappa shape index (κ2) is 10.1. The maximum atomic E-state index is 13.0. The third kappa shape index (κ3) is 5.55. The molecule has 180 valence electrons. The number of anilines is 1. The molecule has 1 aromatic heterocycles. The number of thioether (sulfide) groups is 1. The number of carbonyl (C=O) groups is 2. The molecular weight excluding hydrogens is 448 g/mol. The van der Waals surface area contributed by atoms with Gasteiger partial charge in [0.15, 0.2) is 0 Å². The number of amides is 2. The number of aromatic nitrogens is 2. The van der Waals surface area contributed by atoms with Crippen LogP contribution >= 0.6 is 11.8 Å². The summed E-state index contributed by atoms with van der Waals surface area (Å²) in [5.41, 5.74) is 2.04. The van der Waals surface area contributed by atoms with E-state index in [1.54, 1.807) is 16.7 Å². The summed E-state index contributed by atoms with van der Waals surface area (Å²) < 4.78 is 7.47. The van der Waals surface area contributed by atoms with Gasteiger partial charge in [-0.2, -0.15) is 5.10 Å². The first-order chi connectivity index (χ1) is 16.2. The lowest BCUT2D eigenvalue weighted by Crippen LogP contribution is -2.47.